The number of nitrogens with zero attached hydrogens (tertiary/aromatic N) is 1. The molecule has 144 valence electrons. The first-order valence-corrected chi connectivity index (χ1v) is 8.85. The lowest BCUT2D eigenvalue weighted by molar-refractivity contribution is -0.142. The number of hydrogen-bond acceptors (Lipinski definition) is 4. The molecule has 0 fully saturated rings. The number of methoxy groups -OCH3 is 1. The van der Waals surface area contributed by atoms with E-state index in [9.17, 15) is 9.59 Å². The number of para-hydroxylation sites is 1. The van der Waals surface area contributed by atoms with Gasteiger partial charge in [0, 0.05) is 13.6 Å². The molecule has 0 heterocycles. The van der Waals surface area contributed by atoms with Crippen LogP contribution in [0.2, 0.25) is 5.02 Å². The molecule has 0 radical (unpaired) electrons. The largest absolute Gasteiger partial charge is 0.497 e. The van der Waals surface area contributed by atoms with Crippen LogP contribution in [0, 0.1) is 0 Å². The highest BCUT2D eigenvalue weighted by atomic mass is 35.5. The number of rotatable bonds is 8. The van der Waals surface area contributed by atoms with Crippen LogP contribution in [0.1, 0.15) is 12.5 Å². The van der Waals surface area contributed by atoms with Crippen molar-refractivity contribution in [2.75, 3.05) is 20.8 Å². The van der Waals surface area contributed by atoms with Gasteiger partial charge < -0.3 is 19.7 Å². The summed E-state index contributed by atoms with van der Waals surface area (Å²) in [4.78, 5) is 26.3. The standard InChI is InChI=1S/C20H23ClN2O4/c1-14(20(25)22-2)23(12-15-8-10-16(26-3)11-9-15)19(24)13-27-18-7-5-4-6-17(18)21/h4-11,14H,12-13H2,1-3H3,(H,22,25). The molecule has 0 saturated carbocycles. The van der Waals surface area contributed by atoms with Crippen LogP contribution < -0.4 is 14.8 Å². The van der Waals surface area contributed by atoms with Crippen molar-refractivity contribution in [3.63, 3.8) is 0 Å². The van der Waals surface area contributed by atoms with Crippen LogP contribution in [0.25, 0.3) is 0 Å². The fraction of sp³-hybridized carbons (Fsp3) is 0.300. The second-order valence-electron chi connectivity index (χ2n) is 5.88. The van der Waals surface area contributed by atoms with E-state index >= 15 is 0 Å². The predicted molar refractivity (Wildman–Crippen MR) is 104 cm³/mol. The number of likely N-dealkylation sites (N-methyl/N-ethyl adjacent to an activating group) is 1. The molecule has 0 aliphatic carbocycles. The van der Waals surface area contributed by atoms with Gasteiger partial charge in [-0.1, -0.05) is 35.9 Å². The van der Waals surface area contributed by atoms with Gasteiger partial charge in [0.25, 0.3) is 5.91 Å². The number of hydrogen-bond donors (Lipinski definition) is 1. The zero-order chi connectivity index (χ0) is 19.8. The Labute approximate surface area is 164 Å². The maximum Gasteiger partial charge on any atom is 0.261 e. The summed E-state index contributed by atoms with van der Waals surface area (Å²) in [5.74, 6) is 0.569. The maximum absolute atomic E-state index is 12.8. The molecule has 2 amide bonds. The summed E-state index contributed by atoms with van der Waals surface area (Å²) < 4.78 is 10.7. The molecule has 2 aromatic carbocycles. The van der Waals surface area contributed by atoms with Crippen LogP contribution in [0.5, 0.6) is 11.5 Å². The highest BCUT2D eigenvalue weighted by Gasteiger charge is 2.26. The van der Waals surface area contributed by atoms with Crippen molar-refractivity contribution in [2.45, 2.75) is 19.5 Å². The molecule has 1 N–H and O–H groups in total. The summed E-state index contributed by atoms with van der Waals surface area (Å²) in [7, 11) is 3.12. The van der Waals surface area contributed by atoms with E-state index < -0.39 is 6.04 Å². The fourth-order valence-corrected chi connectivity index (χ4v) is 2.69. The first-order chi connectivity index (χ1) is 13.0. The summed E-state index contributed by atoms with van der Waals surface area (Å²) in [5, 5.41) is 2.99. The second kappa shape index (κ2) is 9.83. The Balaban J connectivity index is 2.13. The van der Waals surface area contributed by atoms with E-state index in [1.165, 1.54) is 11.9 Å². The van der Waals surface area contributed by atoms with Crippen molar-refractivity contribution in [1.29, 1.82) is 0 Å². The van der Waals surface area contributed by atoms with Crippen molar-refractivity contribution >= 4 is 23.4 Å². The smallest absolute Gasteiger partial charge is 0.261 e. The first kappa shape index (κ1) is 20.6. The number of nitrogens with one attached hydrogen (secondary N) is 1. The van der Waals surface area contributed by atoms with E-state index in [1.54, 1.807) is 38.3 Å². The van der Waals surface area contributed by atoms with Gasteiger partial charge in [-0.05, 0) is 36.8 Å². The van der Waals surface area contributed by atoms with Gasteiger partial charge in [0.15, 0.2) is 6.61 Å². The zero-order valence-corrected chi connectivity index (χ0v) is 16.3. The number of carbonyl (C=O) groups excluding carboxylic acids is 2. The molecule has 0 bridgehead atoms. The highest BCUT2D eigenvalue weighted by Crippen LogP contribution is 2.23. The molecule has 0 saturated heterocycles. The molecule has 0 aliphatic heterocycles. The highest BCUT2D eigenvalue weighted by molar-refractivity contribution is 6.32. The number of halogens is 1. The van der Waals surface area contributed by atoms with Gasteiger partial charge in [0.1, 0.15) is 17.5 Å². The maximum atomic E-state index is 12.8. The third-order valence-corrected chi connectivity index (χ3v) is 4.43. The quantitative estimate of drug-likeness (QED) is 0.752. The molecule has 2 rings (SSSR count). The Hall–Kier alpha value is -2.73. The Kier molecular flexibility index (Phi) is 7.49. The van der Waals surface area contributed by atoms with Crippen molar-refractivity contribution in [3.8, 4) is 11.5 Å². The van der Waals surface area contributed by atoms with Crippen LogP contribution in [-0.4, -0.2) is 43.5 Å². The Morgan fingerprint density at radius 1 is 1.15 bits per heavy atom. The Morgan fingerprint density at radius 3 is 2.41 bits per heavy atom. The summed E-state index contributed by atoms with van der Waals surface area (Å²) in [6.45, 7) is 1.72. The van der Waals surface area contributed by atoms with Crippen molar-refractivity contribution in [3.05, 3.63) is 59.1 Å². The lowest BCUT2D eigenvalue weighted by Crippen LogP contribution is -2.48. The topological polar surface area (TPSA) is 67.9 Å². The van der Waals surface area contributed by atoms with Gasteiger partial charge in [0.2, 0.25) is 5.91 Å². The number of benzene rings is 2. The van der Waals surface area contributed by atoms with Crippen molar-refractivity contribution in [2.24, 2.45) is 0 Å². The molecular formula is C20H23ClN2O4. The molecule has 0 aromatic heterocycles. The van der Waals surface area contributed by atoms with Crippen LogP contribution in [-0.2, 0) is 16.1 Å². The Bertz CT molecular complexity index is 780. The number of carbonyl (C=O) groups is 2. The monoisotopic (exact) mass is 390 g/mol. The molecule has 7 heteroatoms. The third kappa shape index (κ3) is 5.62. The second-order valence-corrected chi connectivity index (χ2v) is 6.29. The Morgan fingerprint density at radius 2 is 1.81 bits per heavy atom. The SMILES string of the molecule is CNC(=O)C(C)N(Cc1ccc(OC)cc1)C(=O)COc1ccccc1Cl. The lowest BCUT2D eigenvalue weighted by Gasteiger charge is -2.28. The van der Waals surface area contributed by atoms with Crippen LogP contribution >= 0.6 is 11.6 Å². The van der Waals surface area contributed by atoms with Gasteiger partial charge in [-0.3, -0.25) is 9.59 Å². The van der Waals surface area contributed by atoms with E-state index in [0.717, 1.165) is 11.3 Å². The van der Waals surface area contributed by atoms with E-state index in [-0.39, 0.29) is 25.0 Å². The molecule has 0 spiro atoms. The van der Waals surface area contributed by atoms with E-state index in [1.807, 2.05) is 24.3 Å². The normalized spacial score (nSPS) is 11.4. The third-order valence-electron chi connectivity index (χ3n) is 4.11. The van der Waals surface area contributed by atoms with E-state index in [0.29, 0.717) is 10.8 Å². The summed E-state index contributed by atoms with van der Waals surface area (Å²) >= 11 is 6.06. The van der Waals surface area contributed by atoms with Gasteiger partial charge in [-0.25, -0.2) is 0 Å². The number of ether oxygens (including phenoxy) is 2. The van der Waals surface area contributed by atoms with Gasteiger partial charge in [0.05, 0.1) is 12.1 Å². The van der Waals surface area contributed by atoms with Gasteiger partial charge >= 0.3 is 0 Å². The van der Waals surface area contributed by atoms with Gasteiger partial charge in [-0.15, -0.1) is 0 Å². The van der Waals surface area contributed by atoms with Crippen molar-refractivity contribution in [1.82, 2.24) is 10.2 Å². The predicted octanol–water partition coefficient (Wildman–Crippen LogP) is 2.89. The average molecular weight is 391 g/mol. The summed E-state index contributed by atoms with van der Waals surface area (Å²) in [6.07, 6.45) is 0. The minimum atomic E-state index is -0.653. The number of amides is 2. The molecule has 2 aromatic rings. The summed E-state index contributed by atoms with van der Waals surface area (Å²) in [6, 6.07) is 13.6. The molecular weight excluding hydrogens is 368 g/mol. The molecule has 0 aliphatic rings. The van der Waals surface area contributed by atoms with E-state index in [2.05, 4.69) is 5.32 Å². The zero-order valence-electron chi connectivity index (χ0n) is 15.6. The summed E-state index contributed by atoms with van der Waals surface area (Å²) in [5.41, 5.74) is 0.873. The molecule has 1 unspecified atom stereocenters. The minimum Gasteiger partial charge on any atom is -0.497 e. The van der Waals surface area contributed by atoms with Crippen molar-refractivity contribution < 1.29 is 19.1 Å². The molecule has 1 atom stereocenters. The van der Waals surface area contributed by atoms with Crippen LogP contribution in [0.15, 0.2) is 48.5 Å². The average Bonchev–Trinajstić information content (AvgIpc) is 2.70. The molecule has 6 nitrogen and oxygen atoms in total. The lowest BCUT2D eigenvalue weighted by atomic mass is 10.1. The van der Waals surface area contributed by atoms with E-state index in [4.69, 9.17) is 21.1 Å². The molecule has 27 heavy (non-hydrogen) atoms. The first-order valence-electron chi connectivity index (χ1n) is 8.47. The fourth-order valence-electron chi connectivity index (χ4n) is 2.50. The van der Waals surface area contributed by atoms with Crippen LogP contribution in [0.4, 0.5) is 0 Å². The van der Waals surface area contributed by atoms with Crippen LogP contribution in [0.3, 0.4) is 0 Å². The van der Waals surface area contributed by atoms with Gasteiger partial charge in [-0.2, -0.15) is 0 Å². The minimum absolute atomic E-state index is 0.221.